The van der Waals surface area contributed by atoms with Gasteiger partial charge in [-0.25, -0.2) is 0 Å². The molecular formula is C23H24N3O+. The molecule has 0 amide bonds. The number of benzene rings is 2. The van der Waals surface area contributed by atoms with Crippen LogP contribution in [0.1, 0.15) is 28.7 Å². The summed E-state index contributed by atoms with van der Waals surface area (Å²) in [7, 11) is 0. The van der Waals surface area contributed by atoms with Gasteiger partial charge in [0.25, 0.3) is 0 Å². The number of quaternary nitrogens is 1. The molecule has 4 nitrogen and oxygen atoms in total. The predicted molar refractivity (Wildman–Crippen MR) is 107 cm³/mol. The van der Waals surface area contributed by atoms with Gasteiger partial charge >= 0.3 is 0 Å². The van der Waals surface area contributed by atoms with E-state index in [9.17, 15) is 0 Å². The van der Waals surface area contributed by atoms with Crippen molar-refractivity contribution < 1.29 is 9.32 Å². The van der Waals surface area contributed by atoms with E-state index in [1.807, 2.05) is 25.3 Å². The SMILES string of the molecule is Cc1ccc(/C=N\N2CC[NH+](C3c4ccccc4-c4ccccc43)CC2)o1. The lowest BCUT2D eigenvalue weighted by atomic mass is 10.0. The van der Waals surface area contributed by atoms with Gasteiger partial charge in [-0.15, -0.1) is 0 Å². The van der Waals surface area contributed by atoms with E-state index in [0.29, 0.717) is 6.04 Å². The fourth-order valence-electron chi connectivity index (χ4n) is 4.44. The van der Waals surface area contributed by atoms with Crippen LogP contribution in [0, 0.1) is 6.92 Å². The molecule has 2 heterocycles. The van der Waals surface area contributed by atoms with Crippen molar-refractivity contribution in [3.05, 3.63) is 83.3 Å². The molecule has 0 saturated carbocycles. The lowest BCUT2D eigenvalue weighted by molar-refractivity contribution is -0.929. The average Bonchev–Trinajstić information content (AvgIpc) is 3.28. The van der Waals surface area contributed by atoms with E-state index in [2.05, 4.69) is 58.6 Å². The first-order chi connectivity index (χ1) is 13.3. The Morgan fingerprint density at radius 2 is 1.56 bits per heavy atom. The van der Waals surface area contributed by atoms with Crippen LogP contribution in [0.4, 0.5) is 0 Å². The Hall–Kier alpha value is -2.85. The van der Waals surface area contributed by atoms with E-state index in [0.717, 1.165) is 37.7 Å². The summed E-state index contributed by atoms with van der Waals surface area (Å²) in [5.74, 6) is 1.74. The molecule has 0 atom stereocenters. The lowest BCUT2D eigenvalue weighted by Crippen LogP contribution is -3.14. The second-order valence-electron chi connectivity index (χ2n) is 7.41. The van der Waals surface area contributed by atoms with Gasteiger partial charge in [-0.1, -0.05) is 48.5 Å². The summed E-state index contributed by atoms with van der Waals surface area (Å²) < 4.78 is 5.57. The zero-order chi connectivity index (χ0) is 18.2. The number of hydrazone groups is 1. The Labute approximate surface area is 159 Å². The van der Waals surface area contributed by atoms with E-state index in [4.69, 9.17) is 4.42 Å². The van der Waals surface area contributed by atoms with Gasteiger partial charge in [-0.3, -0.25) is 5.01 Å². The zero-order valence-corrected chi connectivity index (χ0v) is 15.6. The molecule has 1 fully saturated rings. The summed E-state index contributed by atoms with van der Waals surface area (Å²) in [6.45, 7) is 6.05. The van der Waals surface area contributed by atoms with Crippen LogP contribution in [-0.2, 0) is 0 Å². The van der Waals surface area contributed by atoms with Crippen molar-refractivity contribution in [1.82, 2.24) is 5.01 Å². The summed E-state index contributed by atoms with van der Waals surface area (Å²) in [5, 5.41) is 6.78. The maximum atomic E-state index is 5.57. The topological polar surface area (TPSA) is 33.2 Å². The van der Waals surface area contributed by atoms with E-state index >= 15 is 0 Å². The van der Waals surface area contributed by atoms with E-state index in [1.165, 1.54) is 22.3 Å². The molecule has 3 aromatic rings. The van der Waals surface area contributed by atoms with Crippen LogP contribution in [-0.4, -0.2) is 37.4 Å². The average molecular weight is 358 g/mol. The van der Waals surface area contributed by atoms with Crippen molar-refractivity contribution in [2.75, 3.05) is 26.2 Å². The molecule has 0 bridgehead atoms. The van der Waals surface area contributed by atoms with E-state index < -0.39 is 0 Å². The molecule has 27 heavy (non-hydrogen) atoms. The Balaban J connectivity index is 1.33. The number of nitrogens with zero attached hydrogens (tertiary/aromatic N) is 2. The van der Waals surface area contributed by atoms with Crippen molar-refractivity contribution in [1.29, 1.82) is 0 Å². The number of aryl methyl sites for hydroxylation is 1. The van der Waals surface area contributed by atoms with Crippen molar-refractivity contribution >= 4 is 6.21 Å². The highest BCUT2D eigenvalue weighted by Gasteiger charge is 2.37. The maximum absolute atomic E-state index is 5.57. The molecule has 0 spiro atoms. The summed E-state index contributed by atoms with van der Waals surface area (Å²) in [4.78, 5) is 1.63. The van der Waals surface area contributed by atoms with Crippen molar-refractivity contribution in [3.8, 4) is 11.1 Å². The van der Waals surface area contributed by atoms with E-state index in [1.54, 1.807) is 4.90 Å². The minimum absolute atomic E-state index is 0.441. The Kier molecular flexibility index (Phi) is 4.06. The highest BCUT2D eigenvalue weighted by molar-refractivity contribution is 5.78. The van der Waals surface area contributed by atoms with Crippen LogP contribution in [0.3, 0.4) is 0 Å². The third-order valence-electron chi connectivity index (χ3n) is 5.73. The van der Waals surface area contributed by atoms with Crippen LogP contribution in [0.5, 0.6) is 0 Å². The van der Waals surface area contributed by atoms with Gasteiger partial charge in [0.15, 0.2) is 0 Å². The standard InChI is InChI=1S/C23H23N3O/c1-17-10-11-18(27-17)16-24-26-14-12-25(13-15-26)23-21-8-4-2-6-19(21)20-7-3-5-9-22(20)23/h2-11,16,23H,12-15H2,1H3/p+1/b24-16-. The second kappa shape index (κ2) is 6.71. The fourth-order valence-corrected chi connectivity index (χ4v) is 4.44. The Morgan fingerprint density at radius 1 is 0.926 bits per heavy atom. The number of furan rings is 1. The first-order valence-corrected chi connectivity index (χ1v) is 9.68. The summed E-state index contributed by atoms with van der Waals surface area (Å²) in [6.07, 6.45) is 1.83. The zero-order valence-electron chi connectivity index (χ0n) is 15.6. The third kappa shape index (κ3) is 2.96. The molecule has 1 aliphatic carbocycles. The van der Waals surface area contributed by atoms with Gasteiger partial charge in [-0.05, 0) is 30.2 Å². The predicted octanol–water partition coefficient (Wildman–Crippen LogP) is 2.89. The van der Waals surface area contributed by atoms with Crippen LogP contribution < -0.4 is 4.90 Å². The quantitative estimate of drug-likeness (QED) is 0.731. The molecule has 1 aromatic heterocycles. The molecule has 2 aromatic carbocycles. The molecule has 0 radical (unpaired) electrons. The normalized spacial score (nSPS) is 17.4. The van der Waals surface area contributed by atoms with Crippen LogP contribution >= 0.6 is 0 Å². The van der Waals surface area contributed by atoms with Gasteiger partial charge in [0.1, 0.15) is 17.6 Å². The molecular weight excluding hydrogens is 334 g/mol. The van der Waals surface area contributed by atoms with Gasteiger partial charge in [0.05, 0.1) is 32.4 Å². The second-order valence-corrected chi connectivity index (χ2v) is 7.41. The largest absolute Gasteiger partial charge is 0.460 e. The summed E-state index contributed by atoms with van der Waals surface area (Å²) in [6, 6.07) is 22.1. The number of rotatable bonds is 3. The fraction of sp³-hybridized carbons (Fsp3) is 0.261. The van der Waals surface area contributed by atoms with Gasteiger partial charge in [0, 0.05) is 11.1 Å². The smallest absolute Gasteiger partial charge is 0.147 e. The van der Waals surface area contributed by atoms with Gasteiger partial charge < -0.3 is 9.32 Å². The van der Waals surface area contributed by atoms with Gasteiger partial charge in [0.2, 0.25) is 0 Å². The monoisotopic (exact) mass is 358 g/mol. The number of fused-ring (bicyclic) bond motifs is 3. The molecule has 0 unspecified atom stereocenters. The summed E-state index contributed by atoms with van der Waals surface area (Å²) >= 11 is 0. The lowest BCUT2D eigenvalue weighted by Gasteiger charge is -2.34. The van der Waals surface area contributed by atoms with Crippen LogP contribution in [0.25, 0.3) is 11.1 Å². The summed E-state index contributed by atoms with van der Waals surface area (Å²) in [5.41, 5.74) is 5.74. The molecule has 1 aliphatic heterocycles. The van der Waals surface area contributed by atoms with Crippen molar-refractivity contribution in [3.63, 3.8) is 0 Å². The van der Waals surface area contributed by atoms with Crippen molar-refractivity contribution in [2.45, 2.75) is 13.0 Å². The third-order valence-corrected chi connectivity index (χ3v) is 5.73. The Morgan fingerprint density at radius 3 is 2.15 bits per heavy atom. The van der Waals surface area contributed by atoms with Crippen LogP contribution in [0.15, 0.2) is 70.2 Å². The van der Waals surface area contributed by atoms with Crippen LogP contribution in [0.2, 0.25) is 0 Å². The minimum atomic E-state index is 0.441. The highest BCUT2D eigenvalue weighted by Crippen LogP contribution is 2.41. The molecule has 5 rings (SSSR count). The highest BCUT2D eigenvalue weighted by atomic mass is 16.3. The maximum Gasteiger partial charge on any atom is 0.147 e. The minimum Gasteiger partial charge on any atom is -0.460 e. The molecule has 4 heteroatoms. The number of hydrogen-bond acceptors (Lipinski definition) is 3. The molecule has 2 aliphatic rings. The molecule has 1 saturated heterocycles. The number of nitrogens with one attached hydrogen (secondary N) is 1. The first-order valence-electron chi connectivity index (χ1n) is 9.68. The first kappa shape index (κ1) is 16.3. The number of hydrogen-bond donors (Lipinski definition) is 1. The Bertz CT molecular complexity index is 937. The molecule has 136 valence electrons. The number of piperazine rings is 1. The van der Waals surface area contributed by atoms with Gasteiger partial charge in [-0.2, -0.15) is 5.10 Å². The van der Waals surface area contributed by atoms with E-state index in [-0.39, 0.29) is 0 Å². The molecule has 1 N–H and O–H groups in total. The van der Waals surface area contributed by atoms with Crippen molar-refractivity contribution in [2.24, 2.45) is 5.10 Å².